The molecule has 0 fully saturated rings. The van der Waals surface area contributed by atoms with Crippen molar-refractivity contribution in [2.45, 2.75) is 45.4 Å². The molecule has 0 heterocycles. The Morgan fingerprint density at radius 1 is 0.741 bits per heavy atom. The minimum Gasteiger partial charge on any atom is -0.497 e. The number of methoxy groups -OCH3 is 1. The summed E-state index contributed by atoms with van der Waals surface area (Å²) in [5.41, 5.74) is 3.40. The first-order valence-electron chi connectivity index (χ1n) is 9.73. The van der Waals surface area contributed by atoms with Gasteiger partial charge < -0.3 is 4.74 Å². The molecule has 2 aromatic rings. The van der Waals surface area contributed by atoms with Crippen LogP contribution in [0.5, 0.6) is 5.75 Å². The quantitative estimate of drug-likeness (QED) is 0.426. The maximum absolute atomic E-state index is 5.13. The summed E-state index contributed by atoms with van der Waals surface area (Å²) in [5, 5.41) is 0. The molecular weight excluding hydrogens is 328 g/mol. The van der Waals surface area contributed by atoms with Crippen LogP contribution < -0.4 is 4.74 Å². The second-order valence-corrected chi connectivity index (χ2v) is 6.46. The lowest BCUT2D eigenvalue weighted by Crippen LogP contribution is -1.86. The van der Waals surface area contributed by atoms with Gasteiger partial charge in [0.25, 0.3) is 0 Å². The zero-order valence-electron chi connectivity index (χ0n) is 16.4. The summed E-state index contributed by atoms with van der Waals surface area (Å²) in [7, 11) is 1.66. The van der Waals surface area contributed by atoms with Crippen molar-refractivity contribution in [2.75, 3.05) is 7.11 Å². The van der Waals surface area contributed by atoms with E-state index in [4.69, 9.17) is 4.74 Å². The monoisotopic (exact) mass is 356 g/mol. The molecule has 0 saturated heterocycles. The summed E-state index contributed by atoms with van der Waals surface area (Å²) in [6, 6.07) is 16.3. The van der Waals surface area contributed by atoms with E-state index in [-0.39, 0.29) is 0 Å². The van der Waals surface area contributed by atoms with Crippen molar-refractivity contribution in [3.05, 3.63) is 77.4 Å². The average molecular weight is 357 g/mol. The van der Waals surface area contributed by atoms with E-state index in [0.29, 0.717) is 0 Å². The number of aryl methyl sites for hydroxylation is 1. The molecule has 0 aliphatic heterocycles. The average Bonchev–Trinajstić information content (AvgIpc) is 2.72. The molecule has 0 unspecified atom stereocenters. The molecule has 2 aromatic carbocycles. The SMILES string of the molecule is CCCCCCCc1ccc(C#CC=CC#Cc2ccc(OC)cc2)cc1. The molecule has 0 amide bonds. The van der Waals surface area contributed by atoms with E-state index >= 15 is 0 Å². The summed E-state index contributed by atoms with van der Waals surface area (Å²) in [6.07, 6.45) is 11.4. The van der Waals surface area contributed by atoms with Gasteiger partial charge in [-0.1, -0.05) is 68.4 Å². The van der Waals surface area contributed by atoms with Crippen LogP contribution in [-0.4, -0.2) is 7.11 Å². The highest BCUT2D eigenvalue weighted by Crippen LogP contribution is 2.11. The lowest BCUT2D eigenvalue weighted by Gasteiger charge is -2.01. The van der Waals surface area contributed by atoms with Crippen LogP contribution in [0.2, 0.25) is 0 Å². The molecule has 1 nitrogen and oxygen atoms in total. The fourth-order valence-corrected chi connectivity index (χ4v) is 2.70. The van der Waals surface area contributed by atoms with Crippen molar-refractivity contribution >= 4 is 0 Å². The zero-order chi connectivity index (χ0) is 19.2. The van der Waals surface area contributed by atoms with E-state index in [9.17, 15) is 0 Å². The first kappa shape index (κ1) is 20.4. The summed E-state index contributed by atoms with van der Waals surface area (Å²) < 4.78 is 5.13. The fourth-order valence-electron chi connectivity index (χ4n) is 2.70. The third-order valence-corrected chi connectivity index (χ3v) is 4.30. The van der Waals surface area contributed by atoms with Crippen molar-refractivity contribution in [1.29, 1.82) is 0 Å². The number of benzene rings is 2. The zero-order valence-corrected chi connectivity index (χ0v) is 16.4. The predicted octanol–water partition coefficient (Wildman–Crippen LogP) is 6.17. The van der Waals surface area contributed by atoms with Crippen LogP contribution in [0.1, 0.15) is 55.7 Å². The summed E-state index contributed by atoms with van der Waals surface area (Å²) in [6.45, 7) is 2.25. The first-order chi connectivity index (χ1) is 13.3. The number of ether oxygens (including phenoxy) is 1. The number of allylic oxidation sites excluding steroid dienone is 2. The van der Waals surface area contributed by atoms with Gasteiger partial charge in [0, 0.05) is 11.1 Å². The standard InChI is InChI=1S/C26H28O/c1-3-4-5-6-9-12-23-15-17-24(18-16-23)13-10-7-8-11-14-25-19-21-26(27-2)22-20-25/h7-8,15-22H,3-6,9,12H2,1-2H3. The molecule has 0 atom stereocenters. The summed E-state index contributed by atoms with van der Waals surface area (Å²) in [4.78, 5) is 0. The fraction of sp³-hybridized carbons (Fsp3) is 0.308. The van der Waals surface area contributed by atoms with Gasteiger partial charge in [0.05, 0.1) is 7.11 Å². The van der Waals surface area contributed by atoms with Gasteiger partial charge in [-0.05, 0) is 67.0 Å². The Labute approximate surface area is 164 Å². The molecule has 0 N–H and O–H groups in total. The molecule has 0 bridgehead atoms. The highest BCUT2D eigenvalue weighted by atomic mass is 16.5. The first-order valence-corrected chi connectivity index (χ1v) is 9.73. The lowest BCUT2D eigenvalue weighted by molar-refractivity contribution is 0.415. The van der Waals surface area contributed by atoms with Gasteiger partial charge in [-0.2, -0.15) is 0 Å². The molecule has 0 radical (unpaired) electrons. The Balaban J connectivity index is 1.78. The largest absolute Gasteiger partial charge is 0.497 e. The topological polar surface area (TPSA) is 9.23 Å². The lowest BCUT2D eigenvalue weighted by atomic mass is 10.0. The van der Waals surface area contributed by atoms with Crippen molar-refractivity contribution in [3.8, 4) is 29.4 Å². The number of hydrogen-bond acceptors (Lipinski definition) is 1. The molecule has 138 valence electrons. The van der Waals surface area contributed by atoms with Gasteiger partial charge >= 0.3 is 0 Å². The van der Waals surface area contributed by atoms with Gasteiger partial charge in [-0.25, -0.2) is 0 Å². The molecule has 2 rings (SSSR count). The predicted molar refractivity (Wildman–Crippen MR) is 115 cm³/mol. The molecule has 0 saturated carbocycles. The Bertz CT molecular complexity index is 818. The van der Waals surface area contributed by atoms with Crippen molar-refractivity contribution in [2.24, 2.45) is 0 Å². The van der Waals surface area contributed by atoms with Crippen LogP contribution in [0.25, 0.3) is 0 Å². The van der Waals surface area contributed by atoms with Crippen molar-refractivity contribution in [1.82, 2.24) is 0 Å². The second-order valence-electron chi connectivity index (χ2n) is 6.46. The van der Waals surface area contributed by atoms with Gasteiger partial charge in [-0.15, -0.1) is 0 Å². The van der Waals surface area contributed by atoms with Gasteiger partial charge in [0.2, 0.25) is 0 Å². The van der Waals surface area contributed by atoms with E-state index < -0.39 is 0 Å². The van der Waals surface area contributed by atoms with Crippen LogP contribution in [0.3, 0.4) is 0 Å². The molecule has 0 aliphatic rings. The van der Waals surface area contributed by atoms with E-state index in [1.165, 1.54) is 37.7 Å². The van der Waals surface area contributed by atoms with Gasteiger partial charge in [0.15, 0.2) is 0 Å². The molecule has 27 heavy (non-hydrogen) atoms. The third kappa shape index (κ3) is 8.35. The Hall–Kier alpha value is -2.90. The van der Waals surface area contributed by atoms with Crippen LogP contribution in [0, 0.1) is 23.7 Å². The molecule has 0 spiro atoms. The highest BCUT2D eigenvalue weighted by molar-refractivity contribution is 5.42. The Kier molecular flexibility index (Phi) is 9.41. The number of rotatable bonds is 7. The summed E-state index contributed by atoms with van der Waals surface area (Å²) in [5.74, 6) is 13.1. The van der Waals surface area contributed by atoms with Crippen molar-refractivity contribution in [3.63, 3.8) is 0 Å². The number of hydrogen-bond donors (Lipinski definition) is 0. The van der Waals surface area contributed by atoms with E-state index in [0.717, 1.165) is 23.3 Å². The summed E-state index contributed by atoms with van der Waals surface area (Å²) >= 11 is 0. The van der Waals surface area contributed by atoms with E-state index in [2.05, 4.69) is 54.9 Å². The van der Waals surface area contributed by atoms with Crippen LogP contribution in [-0.2, 0) is 6.42 Å². The normalized spacial score (nSPS) is 10.0. The Morgan fingerprint density at radius 2 is 1.30 bits per heavy atom. The van der Waals surface area contributed by atoms with E-state index in [1.54, 1.807) is 19.3 Å². The maximum Gasteiger partial charge on any atom is 0.118 e. The van der Waals surface area contributed by atoms with Crippen LogP contribution in [0.15, 0.2) is 60.7 Å². The van der Waals surface area contributed by atoms with Crippen LogP contribution in [0.4, 0.5) is 0 Å². The van der Waals surface area contributed by atoms with Gasteiger partial charge in [-0.3, -0.25) is 0 Å². The number of unbranched alkanes of at least 4 members (excludes halogenated alkanes) is 4. The van der Waals surface area contributed by atoms with Crippen molar-refractivity contribution < 1.29 is 4.74 Å². The minimum absolute atomic E-state index is 0.837. The smallest absolute Gasteiger partial charge is 0.118 e. The maximum atomic E-state index is 5.13. The van der Waals surface area contributed by atoms with Crippen LogP contribution >= 0.6 is 0 Å². The van der Waals surface area contributed by atoms with Gasteiger partial charge in [0.1, 0.15) is 5.75 Å². The molecular formula is C26H28O. The highest BCUT2D eigenvalue weighted by Gasteiger charge is 1.94. The molecule has 0 aromatic heterocycles. The third-order valence-electron chi connectivity index (χ3n) is 4.30. The Morgan fingerprint density at radius 3 is 1.85 bits per heavy atom. The minimum atomic E-state index is 0.837. The molecule has 1 heteroatoms. The van der Waals surface area contributed by atoms with E-state index in [1.807, 2.05) is 24.3 Å². The second kappa shape index (κ2) is 12.5. The molecule has 0 aliphatic carbocycles.